The lowest BCUT2D eigenvalue weighted by Gasteiger charge is -2.40. The molecule has 0 aliphatic carbocycles. The number of halogens is 1. The van der Waals surface area contributed by atoms with Gasteiger partial charge in [-0.1, -0.05) is 11.6 Å². The molecule has 2 saturated heterocycles. The zero-order valence-corrected chi connectivity index (χ0v) is 19.8. The summed E-state index contributed by atoms with van der Waals surface area (Å²) >= 11 is 6.15. The van der Waals surface area contributed by atoms with Crippen LogP contribution in [0.2, 0.25) is 5.02 Å². The number of aromatic amines is 1. The fraction of sp³-hybridized carbons (Fsp3) is 0.440. The van der Waals surface area contributed by atoms with Gasteiger partial charge in [0.2, 0.25) is 0 Å². The van der Waals surface area contributed by atoms with Crippen LogP contribution >= 0.6 is 11.6 Å². The number of nitrogens with zero attached hydrogens (tertiary/aromatic N) is 2. The summed E-state index contributed by atoms with van der Waals surface area (Å²) in [5.41, 5.74) is 5.23. The first kappa shape index (κ1) is 22.2. The normalized spacial score (nSPS) is 20.9. The van der Waals surface area contributed by atoms with E-state index in [1.165, 1.54) is 0 Å². The molecule has 0 unspecified atom stereocenters. The molecule has 4 heterocycles. The molecule has 0 radical (unpaired) electrons. The first-order valence-corrected chi connectivity index (χ1v) is 11.9. The Labute approximate surface area is 198 Å². The van der Waals surface area contributed by atoms with Crippen molar-refractivity contribution in [2.45, 2.75) is 32.7 Å². The number of hydrogen-bond acceptors (Lipinski definition) is 4. The van der Waals surface area contributed by atoms with Crippen LogP contribution in [0.1, 0.15) is 45.7 Å². The van der Waals surface area contributed by atoms with Crippen molar-refractivity contribution in [3.05, 3.63) is 51.3 Å². The molecule has 8 heteroatoms. The monoisotopic (exact) mass is 468 g/mol. The molecule has 0 spiro atoms. The second-order valence-electron chi connectivity index (χ2n) is 9.04. The molecule has 0 bridgehead atoms. The third-order valence-corrected chi connectivity index (χ3v) is 7.29. The molecule has 7 nitrogen and oxygen atoms in total. The Morgan fingerprint density at radius 1 is 1.15 bits per heavy atom. The van der Waals surface area contributed by atoms with Crippen LogP contribution in [0.15, 0.2) is 18.2 Å². The summed E-state index contributed by atoms with van der Waals surface area (Å²) in [6.07, 6.45) is 3.80. The minimum atomic E-state index is -0.169. The van der Waals surface area contributed by atoms with E-state index in [9.17, 15) is 9.59 Å². The van der Waals surface area contributed by atoms with Gasteiger partial charge in [0.1, 0.15) is 0 Å². The van der Waals surface area contributed by atoms with Crippen LogP contribution in [-0.4, -0.2) is 72.0 Å². The van der Waals surface area contributed by atoms with Crippen LogP contribution in [0.3, 0.4) is 0 Å². The van der Waals surface area contributed by atoms with Crippen LogP contribution in [0.5, 0.6) is 0 Å². The number of aryl methyl sites for hydroxylation is 1. The number of H-pyrrole nitrogens is 1. The molecular formula is C25H29ClN4O3. The van der Waals surface area contributed by atoms with Gasteiger partial charge in [-0.05, 0) is 56.5 Å². The van der Waals surface area contributed by atoms with Crippen LogP contribution in [-0.2, 0) is 9.53 Å². The molecule has 0 atom stereocenters. The van der Waals surface area contributed by atoms with E-state index < -0.39 is 0 Å². The van der Waals surface area contributed by atoms with Crippen LogP contribution < -0.4 is 5.32 Å². The highest BCUT2D eigenvalue weighted by atomic mass is 35.5. The molecule has 2 amide bonds. The molecule has 1 aromatic heterocycles. The molecule has 3 aliphatic heterocycles. The number of rotatable bonds is 3. The summed E-state index contributed by atoms with van der Waals surface area (Å²) < 4.78 is 5.47. The Bertz CT molecular complexity index is 1120. The molecule has 2 aromatic rings. The number of carbonyl (C=O) groups excluding carboxylic acids is 2. The van der Waals surface area contributed by atoms with E-state index >= 15 is 0 Å². The largest absolute Gasteiger partial charge is 0.379 e. The van der Waals surface area contributed by atoms with E-state index in [0.717, 1.165) is 80.4 Å². The van der Waals surface area contributed by atoms with Crippen molar-refractivity contribution in [2.75, 3.05) is 44.7 Å². The Balaban J connectivity index is 1.35. The molecule has 0 saturated carbocycles. The van der Waals surface area contributed by atoms with Crippen molar-refractivity contribution in [3.8, 4) is 0 Å². The van der Waals surface area contributed by atoms with E-state index in [2.05, 4.69) is 15.2 Å². The first-order valence-electron chi connectivity index (χ1n) is 11.6. The second kappa shape index (κ2) is 8.97. The Kier molecular flexibility index (Phi) is 6.03. The molecule has 174 valence electrons. The maximum absolute atomic E-state index is 13.4. The minimum absolute atomic E-state index is 0.0608. The molecular weight excluding hydrogens is 440 g/mol. The van der Waals surface area contributed by atoms with Crippen molar-refractivity contribution in [3.63, 3.8) is 0 Å². The number of nitrogens with one attached hydrogen (secondary N) is 2. The summed E-state index contributed by atoms with van der Waals surface area (Å²) in [7, 11) is 0. The van der Waals surface area contributed by atoms with Gasteiger partial charge in [0.15, 0.2) is 0 Å². The molecule has 1 aromatic carbocycles. The number of anilines is 1. The summed E-state index contributed by atoms with van der Waals surface area (Å²) in [5, 5.41) is 3.45. The van der Waals surface area contributed by atoms with E-state index in [0.29, 0.717) is 22.2 Å². The number of fused-ring (bicyclic) bond motifs is 1. The van der Waals surface area contributed by atoms with Crippen LogP contribution in [0.4, 0.5) is 5.69 Å². The van der Waals surface area contributed by atoms with Gasteiger partial charge in [0.25, 0.3) is 11.8 Å². The number of likely N-dealkylation sites (tertiary alicyclic amines) is 1. The van der Waals surface area contributed by atoms with E-state index in [1.807, 2.05) is 24.8 Å². The van der Waals surface area contributed by atoms with Crippen LogP contribution in [0, 0.1) is 13.8 Å². The SMILES string of the molecule is Cc1[nH]c(C=C2C(=O)Nc3ccc(Cl)cc32)c(C)c1C(=O)N1CCC(N2CCOCC2)CC1. The van der Waals surface area contributed by atoms with Crippen molar-refractivity contribution >= 4 is 40.8 Å². The Morgan fingerprint density at radius 2 is 1.88 bits per heavy atom. The lowest BCUT2D eigenvalue weighted by molar-refractivity contribution is -0.110. The van der Waals surface area contributed by atoms with Crippen molar-refractivity contribution in [1.82, 2.24) is 14.8 Å². The highest BCUT2D eigenvalue weighted by molar-refractivity contribution is 6.36. The zero-order valence-electron chi connectivity index (χ0n) is 19.0. The summed E-state index contributed by atoms with van der Waals surface area (Å²) in [5.74, 6) is -0.109. The van der Waals surface area contributed by atoms with Crippen molar-refractivity contribution in [2.24, 2.45) is 0 Å². The first-order chi connectivity index (χ1) is 15.9. The predicted octanol–water partition coefficient (Wildman–Crippen LogP) is 3.71. The van der Waals surface area contributed by atoms with E-state index in [4.69, 9.17) is 16.3 Å². The Hall–Kier alpha value is -2.61. The van der Waals surface area contributed by atoms with Crippen molar-refractivity contribution in [1.29, 1.82) is 0 Å². The standard InChI is InChI=1S/C25H29ClN4O3/c1-15-22(14-20-19-13-17(26)3-4-21(19)28-24(20)31)27-16(2)23(15)25(32)30-7-5-18(6-8-30)29-9-11-33-12-10-29/h3-4,13-14,18,27H,5-12H2,1-2H3,(H,28,31). The number of piperidine rings is 1. The summed E-state index contributed by atoms with van der Waals surface area (Å²) in [4.78, 5) is 33.8. The van der Waals surface area contributed by atoms with Crippen LogP contribution in [0.25, 0.3) is 11.6 Å². The maximum Gasteiger partial charge on any atom is 0.256 e. The predicted molar refractivity (Wildman–Crippen MR) is 130 cm³/mol. The number of carbonyl (C=O) groups is 2. The topological polar surface area (TPSA) is 77.7 Å². The molecule has 2 N–H and O–H groups in total. The van der Waals surface area contributed by atoms with Gasteiger partial charge in [0, 0.05) is 59.9 Å². The summed E-state index contributed by atoms with van der Waals surface area (Å²) in [6, 6.07) is 5.88. The number of ether oxygens (including phenoxy) is 1. The minimum Gasteiger partial charge on any atom is -0.379 e. The van der Waals surface area contributed by atoms with Gasteiger partial charge in [-0.25, -0.2) is 0 Å². The number of hydrogen-bond donors (Lipinski definition) is 2. The van der Waals surface area contributed by atoms with Crippen molar-refractivity contribution < 1.29 is 14.3 Å². The van der Waals surface area contributed by atoms with Gasteiger partial charge in [-0.2, -0.15) is 0 Å². The number of morpholine rings is 1. The lowest BCUT2D eigenvalue weighted by Crippen LogP contribution is -2.50. The third kappa shape index (κ3) is 4.21. The Morgan fingerprint density at radius 3 is 2.61 bits per heavy atom. The number of aromatic nitrogens is 1. The van der Waals surface area contributed by atoms with E-state index in [1.54, 1.807) is 18.2 Å². The molecule has 2 fully saturated rings. The zero-order chi connectivity index (χ0) is 23.1. The molecule has 3 aliphatic rings. The number of benzene rings is 1. The third-order valence-electron chi connectivity index (χ3n) is 7.06. The smallest absolute Gasteiger partial charge is 0.256 e. The quantitative estimate of drug-likeness (QED) is 0.673. The molecule has 5 rings (SSSR count). The maximum atomic E-state index is 13.4. The van der Waals surface area contributed by atoms with Gasteiger partial charge in [-0.15, -0.1) is 0 Å². The number of amides is 2. The summed E-state index contributed by atoms with van der Waals surface area (Å²) in [6.45, 7) is 8.94. The van der Waals surface area contributed by atoms with E-state index in [-0.39, 0.29) is 11.8 Å². The lowest BCUT2D eigenvalue weighted by atomic mass is 10.00. The van der Waals surface area contributed by atoms with Gasteiger partial charge in [0.05, 0.1) is 24.4 Å². The fourth-order valence-electron chi connectivity index (χ4n) is 5.22. The average molecular weight is 469 g/mol. The van der Waals surface area contributed by atoms with Gasteiger partial charge >= 0.3 is 0 Å². The molecule has 33 heavy (non-hydrogen) atoms. The van der Waals surface area contributed by atoms with Gasteiger partial charge < -0.3 is 19.9 Å². The van der Waals surface area contributed by atoms with Gasteiger partial charge in [-0.3, -0.25) is 14.5 Å². The highest BCUT2D eigenvalue weighted by Gasteiger charge is 2.31. The highest BCUT2D eigenvalue weighted by Crippen LogP contribution is 2.36. The average Bonchev–Trinajstić information content (AvgIpc) is 3.28. The second-order valence-corrected chi connectivity index (χ2v) is 9.47. The fourth-order valence-corrected chi connectivity index (χ4v) is 5.39.